The zero-order chi connectivity index (χ0) is 22.4. The molecule has 3 aromatic rings. The molecule has 0 spiro atoms. The standard InChI is InChI=1S/C24H21N3O4/c1-3-31-24(28)21-9-6-10-22(27(29)30)23(21)26(2)16-17-11-13-18(14-12-17)20-8-5-4-7-19(20)15-25/h4-14H,3,16H2,1-2H3. The van der Waals surface area contributed by atoms with Gasteiger partial charge in [-0.05, 0) is 35.7 Å². The zero-order valence-corrected chi connectivity index (χ0v) is 17.2. The van der Waals surface area contributed by atoms with Crippen LogP contribution < -0.4 is 4.90 Å². The molecule has 0 aliphatic rings. The van der Waals surface area contributed by atoms with Crippen LogP contribution >= 0.6 is 0 Å². The molecule has 0 fully saturated rings. The maximum atomic E-state index is 12.4. The Kier molecular flexibility index (Phi) is 6.63. The largest absolute Gasteiger partial charge is 0.462 e. The molecule has 0 aliphatic heterocycles. The lowest BCUT2D eigenvalue weighted by atomic mass is 9.99. The van der Waals surface area contributed by atoms with E-state index in [1.807, 2.05) is 42.5 Å². The normalized spacial score (nSPS) is 10.2. The minimum atomic E-state index is -0.600. The van der Waals surface area contributed by atoms with Crippen LogP contribution in [0.3, 0.4) is 0 Å². The number of nitro groups is 1. The average molecular weight is 415 g/mol. The number of anilines is 1. The third kappa shape index (κ3) is 4.70. The van der Waals surface area contributed by atoms with Crippen LogP contribution in [-0.2, 0) is 11.3 Å². The van der Waals surface area contributed by atoms with Crippen LogP contribution in [0, 0.1) is 21.4 Å². The van der Waals surface area contributed by atoms with Crippen LogP contribution in [0.15, 0.2) is 66.7 Å². The summed E-state index contributed by atoms with van der Waals surface area (Å²) in [5.41, 5.74) is 3.44. The second-order valence-electron chi connectivity index (χ2n) is 6.86. The van der Waals surface area contributed by atoms with Crippen LogP contribution in [0.5, 0.6) is 0 Å². The van der Waals surface area contributed by atoms with Crippen molar-refractivity contribution < 1.29 is 14.5 Å². The second kappa shape index (κ2) is 9.55. The molecule has 0 saturated heterocycles. The molecule has 0 amide bonds. The van der Waals surface area contributed by atoms with E-state index in [0.717, 1.165) is 16.7 Å². The number of hydrogen-bond acceptors (Lipinski definition) is 6. The SMILES string of the molecule is CCOC(=O)c1cccc([N+](=O)[O-])c1N(C)Cc1ccc(-c2ccccc2C#N)cc1. The smallest absolute Gasteiger partial charge is 0.340 e. The summed E-state index contributed by atoms with van der Waals surface area (Å²) in [5.74, 6) is -0.600. The fourth-order valence-electron chi connectivity index (χ4n) is 3.43. The van der Waals surface area contributed by atoms with E-state index in [4.69, 9.17) is 4.74 Å². The number of benzene rings is 3. The van der Waals surface area contributed by atoms with Gasteiger partial charge in [0.2, 0.25) is 0 Å². The van der Waals surface area contributed by atoms with Gasteiger partial charge in [0.25, 0.3) is 5.69 Å². The number of nitrogens with zero attached hydrogens (tertiary/aromatic N) is 3. The van der Waals surface area contributed by atoms with Gasteiger partial charge in [-0.15, -0.1) is 0 Å². The summed E-state index contributed by atoms with van der Waals surface area (Å²) < 4.78 is 5.08. The quantitative estimate of drug-likeness (QED) is 0.308. The van der Waals surface area contributed by atoms with E-state index >= 15 is 0 Å². The van der Waals surface area contributed by atoms with E-state index in [1.54, 1.807) is 24.9 Å². The number of nitro benzene ring substituents is 1. The summed E-state index contributed by atoms with van der Waals surface area (Å²) in [5, 5.41) is 20.9. The van der Waals surface area contributed by atoms with Crippen molar-refractivity contribution in [1.29, 1.82) is 5.26 Å². The van der Waals surface area contributed by atoms with Crippen LogP contribution in [0.4, 0.5) is 11.4 Å². The molecule has 0 bridgehead atoms. The summed E-state index contributed by atoms with van der Waals surface area (Å²) in [4.78, 5) is 25.1. The first-order valence-electron chi connectivity index (χ1n) is 9.70. The summed E-state index contributed by atoms with van der Waals surface area (Å²) >= 11 is 0. The fraction of sp³-hybridized carbons (Fsp3) is 0.167. The van der Waals surface area contributed by atoms with Gasteiger partial charge in [0.15, 0.2) is 0 Å². The fourth-order valence-corrected chi connectivity index (χ4v) is 3.43. The van der Waals surface area contributed by atoms with Gasteiger partial charge >= 0.3 is 5.97 Å². The molecule has 156 valence electrons. The predicted molar refractivity (Wildman–Crippen MR) is 118 cm³/mol. The molecule has 0 saturated carbocycles. The Bertz CT molecular complexity index is 1150. The third-order valence-electron chi connectivity index (χ3n) is 4.82. The lowest BCUT2D eigenvalue weighted by molar-refractivity contribution is -0.384. The summed E-state index contributed by atoms with van der Waals surface area (Å²) in [6.07, 6.45) is 0. The van der Waals surface area contributed by atoms with Crippen molar-refractivity contribution in [2.45, 2.75) is 13.5 Å². The molecule has 3 aromatic carbocycles. The molecule has 0 N–H and O–H groups in total. The van der Waals surface area contributed by atoms with Gasteiger partial charge in [-0.1, -0.05) is 48.5 Å². The number of rotatable bonds is 7. The molecular formula is C24H21N3O4. The van der Waals surface area contributed by atoms with E-state index < -0.39 is 10.9 Å². The van der Waals surface area contributed by atoms with Crippen molar-refractivity contribution in [3.05, 3.63) is 93.5 Å². The second-order valence-corrected chi connectivity index (χ2v) is 6.86. The number of para-hydroxylation sites is 1. The molecule has 7 nitrogen and oxygen atoms in total. The van der Waals surface area contributed by atoms with Crippen molar-refractivity contribution in [2.75, 3.05) is 18.6 Å². The Morgan fingerprint density at radius 3 is 2.45 bits per heavy atom. The van der Waals surface area contributed by atoms with Gasteiger partial charge in [-0.2, -0.15) is 5.26 Å². The monoisotopic (exact) mass is 415 g/mol. The molecule has 0 aromatic heterocycles. The van der Waals surface area contributed by atoms with Crippen molar-refractivity contribution in [3.8, 4) is 17.2 Å². The molecule has 7 heteroatoms. The number of carbonyl (C=O) groups is 1. The van der Waals surface area contributed by atoms with Crippen LogP contribution in [-0.4, -0.2) is 24.5 Å². The lowest BCUT2D eigenvalue weighted by Crippen LogP contribution is -2.21. The summed E-state index contributed by atoms with van der Waals surface area (Å²) in [7, 11) is 1.70. The Morgan fingerprint density at radius 2 is 1.81 bits per heavy atom. The highest BCUT2D eigenvalue weighted by Gasteiger charge is 2.25. The molecule has 0 radical (unpaired) electrons. The maximum absolute atomic E-state index is 12.4. The first-order chi connectivity index (χ1) is 15.0. The molecule has 0 unspecified atom stereocenters. The average Bonchev–Trinajstić information content (AvgIpc) is 2.79. The first kappa shape index (κ1) is 21.5. The number of nitriles is 1. The van der Waals surface area contributed by atoms with Gasteiger partial charge < -0.3 is 9.64 Å². The minimum absolute atomic E-state index is 0.151. The van der Waals surface area contributed by atoms with E-state index in [-0.39, 0.29) is 23.5 Å². The zero-order valence-electron chi connectivity index (χ0n) is 17.2. The summed E-state index contributed by atoms with van der Waals surface area (Å²) in [6.45, 7) is 2.21. The van der Waals surface area contributed by atoms with E-state index in [0.29, 0.717) is 12.1 Å². The number of ether oxygens (including phenoxy) is 1. The topological polar surface area (TPSA) is 96.5 Å². The molecular weight excluding hydrogens is 394 g/mol. The Hall–Kier alpha value is -4.18. The Balaban J connectivity index is 1.91. The van der Waals surface area contributed by atoms with Crippen molar-refractivity contribution in [2.24, 2.45) is 0 Å². The highest BCUT2D eigenvalue weighted by molar-refractivity contribution is 5.98. The Morgan fingerprint density at radius 1 is 1.10 bits per heavy atom. The van der Waals surface area contributed by atoms with Gasteiger partial charge in [-0.25, -0.2) is 4.79 Å². The van der Waals surface area contributed by atoms with E-state index in [2.05, 4.69) is 6.07 Å². The number of esters is 1. The molecule has 0 heterocycles. The van der Waals surface area contributed by atoms with Crippen LogP contribution in [0.25, 0.3) is 11.1 Å². The predicted octanol–water partition coefficient (Wildman–Crippen LogP) is 4.95. The molecule has 0 aliphatic carbocycles. The van der Waals surface area contributed by atoms with Gasteiger partial charge in [0.1, 0.15) is 5.69 Å². The van der Waals surface area contributed by atoms with Crippen molar-refractivity contribution in [3.63, 3.8) is 0 Å². The van der Waals surface area contributed by atoms with E-state index in [9.17, 15) is 20.2 Å². The molecule has 3 rings (SSSR count). The van der Waals surface area contributed by atoms with Gasteiger partial charge in [-0.3, -0.25) is 10.1 Å². The number of hydrogen-bond donors (Lipinski definition) is 0. The first-order valence-corrected chi connectivity index (χ1v) is 9.70. The van der Waals surface area contributed by atoms with Gasteiger partial charge in [0, 0.05) is 19.7 Å². The van der Waals surface area contributed by atoms with E-state index in [1.165, 1.54) is 18.2 Å². The highest BCUT2D eigenvalue weighted by Crippen LogP contribution is 2.33. The van der Waals surface area contributed by atoms with Gasteiger partial charge in [0.05, 0.1) is 28.7 Å². The minimum Gasteiger partial charge on any atom is -0.462 e. The number of carbonyl (C=O) groups excluding carboxylic acids is 1. The lowest BCUT2D eigenvalue weighted by Gasteiger charge is -2.22. The summed E-state index contributed by atoms with van der Waals surface area (Å²) in [6, 6.07) is 21.5. The maximum Gasteiger partial charge on any atom is 0.340 e. The van der Waals surface area contributed by atoms with Crippen LogP contribution in [0.1, 0.15) is 28.4 Å². The molecule has 31 heavy (non-hydrogen) atoms. The van der Waals surface area contributed by atoms with Crippen LogP contribution in [0.2, 0.25) is 0 Å². The highest BCUT2D eigenvalue weighted by atomic mass is 16.6. The third-order valence-corrected chi connectivity index (χ3v) is 4.82. The molecule has 0 atom stereocenters. The Labute approximate surface area is 180 Å². The van der Waals surface area contributed by atoms with Crippen molar-refractivity contribution in [1.82, 2.24) is 0 Å². The van der Waals surface area contributed by atoms with Crippen molar-refractivity contribution >= 4 is 17.3 Å².